The summed E-state index contributed by atoms with van der Waals surface area (Å²) >= 11 is 0. The zero-order chi connectivity index (χ0) is 23.8. The van der Waals surface area contributed by atoms with Crippen LogP contribution in [0.3, 0.4) is 0 Å². The molecular formula is C27H31FN4O3. The van der Waals surface area contributed by atoms with Crippen LogP contribution in [0.15, 0.2) is 48.5 Å². The van der Waals surface area contributed by atoms with Gasteiger partial charge in [-0.25, -0.2) is 9.37 Å². The first kappa shape index (κ1) is 22.5. The molecule has 3 saturated heterocycles. The number of fused-ring (bicyclic) bond motifs is 1. The highest BCUT2D eigenvalue weighted by Gasteiger charge is 2.42. The van der Waals surface area contributed by atoms with Crippen LogP contribution in [0.25, 0.3) is 11.0 Å². The Morgan fingerprint density at radius 1 is 0.971 bits per heavy atom. The fraction of sp³-hybridized carbons (Fsp3) is 0.481. The molecule has 0 atom stereocenters. The number of anilines is 1. The van der Waals surface area contributed by atoms with Crippen molar-refractivity contribution in [1.29, 1.82) is 0 Å². The van der Waals surface area contributed by atoms with Crippen LogP contribution in [-0.4, -0.2) is 65.5 Å². The molecule has 0 radical (unpaired) electrons. The van der Waals surface area contributed by atoms with E-state index in [1.807, 2.05) is 35.2 Å². The Hall–Kier alpha value is -2.97. The van der Waals surface area contributed by atoms with E-state index < -0.39 is 5.79 Å². The van der Waals surface area contributed by atoms with Crippen molar-refractivity contribution in [2.45, 2.75) is 38.0 Å². The molecule has 3 aliphatic rings. The van der Waals surface area contributed by atoms with Crippen LogP contribution >= 0.6 is 0 Å². The fourth-order valence-electron chi connectivity index (χ4n) is 5.67. The van der Waals surface area contributed by atoms with Gasteiger partial charge in [-0.3, -0.25) is 4.79 Å². The number of ether oxygens (including phenoxy) is 2. The van der Waals surface area contributed by atoms with Crippen molar-refractivity contribution in [3.8, 4) is 0 Å². The second-order valence-electron chi connectivity index (χ2n) is 9.81. The summed E-state index contributed by atoms with van der Waals surface area (Å²) in [6.45, 7) is 4.89. The Morgan fingerprint density at radius 2 is 1.66 bits per heavy atom. The topological polar surface area (TPSA) is 59.8 Å². The largest absolute Gasteiger partial charge is 0.347 e. The fourth-order valence-corrected chi connectivity index (χ4v) is 5.67. The average Bonchev–Trinajstić information content (AvgIpc) is 3.50. The van der Waals surface area contributed by atoms with Gasteiger partial charge in [-0.15, -0.1) is 0 Å². The summed E-state index contributed by atoms with van der Waals surface area (Å²) in [6.07, 6.45) is 3.14. The number of para-hydroxylation sites is 2. The third-order valence-electron chi connectivity index (χ3n) is 7.67. The minimum Gasteiger partial charge on any atom is -0.347 e. The molecule has 0 aliphatic carbocycles. The first-order valence-corrected chi connectivity index (χ1v) is 12.6. The van der Waals surface area contributed by atoms with E-state index in [-0.39, 0.29) is 17.6 Å². The van der Waals surface area contributed by atoms with Crippen LogP contribution in [0.1, 0.15) is 31.2 Å². The van der Waals surface area contributed by atoms with Crippen molar-refractivity contribution in [2.75, 3.05) is 44.3 Å². The first-order valence-electron chi connectivity index (χ1n) is 12.6. The van der Waals surface area contributed by atoms with Gasteiger partial charge in [0.15, 0.2) is 5.79 Å². The zero-order valence-electron chi connectivity index (χ0n) is 19.9. The second-order valence-corrected chi connectivity index (χ2v) is 9.81. The summed E-state index contributed by atoms with van der Waals surface area (Å²) < 4.78 is 27.3. The van der Waals surface area contributed by atoms with E-state index in [1.54, 1.807) is 0 Å². The number of hydrogen-bond donors (Lipinski definition) is 0. The van der Waals surface area contributed by atoms with Gasteiger partial charge in [0.25, 0.3) is 0 Å². The monoisotopic (exact) mass is 478 g/mol. The Kier molecular flexibility index (Phi) is 5.94. The summed E-state index contributed by atoms with van der Waals surface area (Å²) in [5.41, 5.74) is 3.03. The van der Waals surface area contributed by atoms with Crippen molar-refractivity contribution in [1.82, 2.24) is 14.5 Å². The first-order chi connectivity index (χ1) is 17.1. The molecule has 0 saturated carbocycles. The number of amides is 1. The lowest BCUT2D eigenvalue weighted by Crippen LogP contribution is -2.50. The second kappa shape index (κ2) is 9.24. The lowest BCUT2D eigenvalue weighted by Gasteiger charge is -2.40. The Bertz CT molecular complexity index is 1190. The van der Waals surface area contributed by atoms with E-state index in [0.29, 0.717) is 32.8 Å². The van der Waals surface area contributed by atoms with Crippen molar-refractivity contribution in [2.24, 2.45) is 5.92 Å². The lowest BCUT2D eigenvalue weighted by atomic mass is 9.93. The van der Waals surface area contributed by atoms with Crippen LogP contribution in [0.5, 0.6) is 0 Å². The molecule has 3 fully saturated rings. The smallest absolute Gasteiger partial charge is 0.225 e. The standard InChI is InChI=1S/C27H31FN4O3/c28-22-7-5-20(6-8-22)19-32-24-4-2-1-3-23(24)29-26(32)31-13-9-21(10-14-31)25(33)30-15-11-27(12-16-30)34-17-18-35-27/h1-8,21H,9-19H2. The van der Waals surface area contributed by atoms with Gasteiger partial charge in [0.2, 0.25) is 11.9 Å². The number of piperidine rings is 2. The van der Waals surface area contributed by atoms with Crippen molar-refractivity contribution < 1.29 is 18.7 Å². The number of nitrogens with zero attached hydrogens (tertiary/aromatic N) is 4. The average molecular weight is 479 g/mol. The summed E-state index contributed by atoms with van der Waals surface area (Å²) in [6, 6.07) is 14.8. The number of rotatable bonds is 4. The van der Waals surface area contributed by atoms with E-state index in [0.717, 1.165) is 61.3 Å². The number of aromatic nitrogens is 2. The summed E-state index contributed by atoms with van der Waals surface area (Å²) in [5.74, 6) is 0.530. The number of carbonyl (C=O) groups excluding carboxylic acids is 1. The molecule has 2 aromatic carbocycles. The van der Waals surface area contributed by atoms with Gasteiger partial charge < -0.3 is 23.8 Å². The van der Waals surface area contributed by atoms with Gasteiger partial charge in [0.1, 0.15) is 5.82 Å². The number of hydrogen-bond acceptors (Lipinski definition) is 5. The third kappa shape index (κ3) is 4.41. The molecule has 6 rings (SSSR count). The van der Waals surface area contributed by atoms with Gasteiger partial charge in [0.05, 0.1) is 30.8 Å². The molecule has 1 amide bonds. The number of likely N-dealkylation sites (tertiary alicyclic amines) is 1. The molecule has 7 nitrogen and oxygen atoms in total. The normalized spacial score (nSPS) is 20.7. The van der Waals surface area contributed by atoms with Crippen molar-refractivity contribution in [3.63, 3.8) is 0 Å². The van der Waals surface area contributed by atoms with E-state index in [9.17, 15) is 9.18 Å². The maximum absolute atomic E-state index is 13.4. The predicted molar refractivity (Wildman–Crippen MR) is 131 cm³/mol. The number of benzene rings is 2. The van der Waals surface area contributed by atoms with Crippen molar-refractivity contribution >= 4 is 22.9 Å². The highest BCUT2D eigenvalue weighted by atomic mass is 19.1. The lowest BCUT2D eigenvalue weighted by molar-refractivity contribution is -0.188. The maximum atomic E-state index is 13.4. The highest BCUT2D eigenvalue weighted by molar-refractivity contribution is 5.80. The SMILES string of the molecule is O=C(C1CCN(c2nc3ccccc3n2Cc2ccc(F)cc2)CC1)N1CCC2(CC1)OCCO2. The van der Waals surface area contributed by atoms with Gasteiger partial charge in [0, 0.05) is 44.9 Å². The van der Waals surface area contributed by atoms with Gasteiger partial charge >= 0.3 is 0 Å². The van der Waals surface area contributed by atoms with E-state index in [1.165, 1.54) is 12.1 Å². The van der Waals surface area contributed by atoms with E-state index in [2.05, 4.69) is 15.5 Å². The summed E-state index contributed by atoms with van der Waals surface area (Å²) in [7, 11) is 0. The Balaban J connectivity index is 1.14. The number of imidazole rings is 1. The molecule has 0 bridgehead atoms. The molecule has 0 unspecified atom stereocenters. The molecule has 1 spiro atoms. The predicted octanol–water partition coefficient (Wildman–Crippen LogP) is 3.81. The molecule has 35 heavy (non-hydrogen) atoms. The zero-order valence-corrected chi connectivity index (χ0v) is 19.9. The number of carbonyl (C=O) groups is 1. The van der Waals surface area contributed by atoms with Crippen LogP contribution in [-0.2, 0) is 20.8 Å². The van der Waals surface area contributed by atoms with Crippen LogP contribution < -0.4 is 4.90 Å². The molecule has 0 N–H and O–H groups in total. The molecule has 3 aliphatic heterocycles. The number of halogens is 1. The van der Waals surface area contributed by atoms with Gasteiger partial charge in [-0.2, -0.15) is 0 Å². The summed E-state index contributed by atoms with van der Waals surface area (Å²) in [5, 5.41) is 0. The third-order valence-corrected chi connectivity index (χ3v) is 7.67. The van der Waals surface area contributed by atoms with E-state index >= 15 is 0 Å². The van der Waals surface area contributed by atoms with Crippen LogP contribution in [0.2, 0.25) is 0 Å². The van der Waals surface area contributed by atoms with Gasteiger partial charge in [-0.05, 0) is 42.7 Å². The highest BCUT2D eigenvalue weighted by Crippen LogP contribution is 2.33. The molecule has 4 heterocycles. The maximum Gasteiger partial charge on any atom is 0.225 e. The molecule has 3 aromatic rings. The van der Waals surface area contributed by atoms with E-state index in [4.69, 9.17) is 14.5 Å². The summed E-state index contributed by atoms with van der Waals surface area (Å²) in [4.78, 5) is 22.5. The van der Waals surface area contributed by atoms with Crippen molar-refractivity contribution in [3.05, 3.63) is 59.9 Å². The minimum absolute atomic E-state index is 0.0423. The Labute approximate surface area is 204 Å². The molecule has 8 heteroatoms. The molecular weight excluding hydrogens is 447 g/mol. The van der Waals surface area contributed by atoms with Crippen LogP contribution in [0.4, 0.5) is 10.3 Å². The van der Waals surface area contributed by atoms with Crippen LogP contribution in [0, 0.1) is 11.7 Å². The quantitative estimate of drug-likeness (QED) is 0.571. The van der Waals surface area contributed by atoms with Gasteiger partial charge in [-0.1, -0.05) is 24.3 Å². The Morgan fingerprint density at radius 3 is 2.37 bits per heavy atom. The molecule has 1 aromatic heterocycles. The minimum atomic E-state index is -0.455. The molecule has 184 valence electrons.